The zero-order valence-electron chi connectivity index (χ0n) is 11.5. The van der Waals surface area contributed by atoms with Crippen LogP contribution in [-0.4, -0.2) is 33.7 Å². The fourth-order valence-corrected chi connectivity index (χ4v) is 1.92. The number of unbranched alkanes of at least 4 members (excludes halogenated alkanes) is 1. The Labute approximate surface area is 122 Å². The number of aromatic nitrogens is 2. The molecule has 0 bridgehead atoms. The molecule has 0 aliphatic carbocycles. The predicted molar refractivity (Wildman–Crippen MR) is 77.8 cm³/mol. The molecule has 3 N–H and O–H groups in total. The van der Waals surface area contributed by atoms with Crippen LogP contribution in [-0.2, 0) is 4.79 Å². The molecule has 2 aromatic rings. The summed E-state index contributed by atoms with van der Waals surface area (Å²) in [6.45, 7) is 0.481. The lowest BCUT2D eigenvalue weighted by atomic mass is 10.1. The average Bonchev–Trinajstić information content (AvgIpc) is 3.01. The maximum atomic E-state index is 11.9. The summed E-state index contributed by atoms with van der Waals surface area (Å²) >= 11 is 0. The van der Waals surface area contributed by atoms with Crippen LogP contribution in [0.25, 0.3) is 11.3 Å². The molecule has 0 saturated carbocycles. The standard InChI is InChI=1S/C15H17N3O3/c19-14(20)3-1-2-9-16-15(21)12-6-4-11(5-7-12)13-8-10-17-18-13/h4-8,10H,1-3,9H2,(H,16,21)(H,17,18)(H,19,20). The summed E-state index contributed by atoms with van der Waals surface area (Å²) in [4.78, 5) is 22.2. The highest BCUT2D eigenvalue weighted by Gasteiger charge is 2.06. The van der Waals surface area contributed by atoms with Crippen LogP contribution >= 0.6 is 0 Å². The summed E-state index contributed by atoms with van der Waals surface area (Å²) in [7, 11) is 0. The number of carbonyl (C=O) groups is 2. The lowest BCUT2D eigenvalue weighted by molar-refractivity contribution is -0.137. The van der Waals surface area contributed by atoms with E-state index >= 15 is 0 Å². The van der Waals surface area contributed by atoms with E-state index in [1.54, 1.807) is 18.3 Å². The molecule has 0 atom stereocenters. The van der Waals surface area contributed by atoms with Crippen LogP contribution in [0, 0.1) is 0 Å². The molecule has 0 radical (unpaired) electrons. The topological polar surface area (TPSA) is 95.1 Å². The molecule has 1 heterocycles. The van der Waals surface area contributed by atoms with Crippen LogP contribution in [0.5, 0.6) is 0 Å². The number of aromatic amines is 1. The molecule has 6 nitrogen and oxygen atoms in total. The van der Waals surface area contributed by atoms with E-state index in [1.165, 1.54) is 0 Å². The number of aliphatic carboxylic acids is 1. The fraction of sp³-hybridized carbons (Fsp3) is 0.267. The third kappa shape index (κ3) is 4.45. The fourth-order valence-electron chi connectivity index (χ4n) is 1.92. The minimum atomic E-state index is -0.810. The van der Waals surface area contributed by atoms with Gasteiger partial charge in [-0.2, -0.15) is 5.10 Å². The highest BCUT2D eigenvalue weighted by atomic mass is 16.4. The van der Waals surface area contributed by atoms with Crippen molar-refractivity contribution >= 4 is 11.9 Å². The lowest BCUT2D eigenvalue weighted by Crippen LogP contribution is -2.24. The molecule has 0 aliphatic rings. The van der Waals surface area contributed by atoms with Crippen LogP contribution in [0.3, 0.4) is 0 Å². The number of carbonyl (C=O) groups excluding carboxylic acids is 1. The number of hydrogen-bond donors (Lipinski definition) is 3. The number of benzene rings is 1. The van der Waals surface area contributed by atoms with Gasteiger partial charge in [-0.3, -0.25) is 14.7 Å². The van der Waals surface area contributed by atoms with Gasteiger partial charge in [0.25, 0.3) is 5.91 Å². The second-order valence-electron chi connectivity index (χ2n) is 4.65. The summed E-state index contributed by atoms with van der Waals surface area (Å²) in [6, 6.07) is 9.07. The number of amides is 1. The van der Waals surface area contributed by atoms with Crippen molar-refractivity contribution in [3.63, 3.8) is 0 Å². The molecular weight excluding hydrogens is 270 g/mol. The molecule has 0 aliphatic heterocycles. The van der Waals surface area contributed by atoms with Crippen LogP contribution in [0.1, 0.15) is 29.6 Å². The molecule has 0 fully saturated rings. The first-order chi connectivity index (χ1) is 10.2. The van der Waals surface area contributed by atoms with Crippen LogP contribution in [0.15, 0.2) is 36.5 Å². The normalized spacial score (nSPS) is 10.3. The summed E-state index contributed by atoms with van der Waals surface area (Å²) in [5.74, 6) is -0.961. The predicted octanol–water partition coefficient (Wildman–Crippen LogP) is 2.06. The second kappa shape index (κ2) is 7.23. The number of H-pyrrole nitrogens is 1. The summed E-state index contributed by atoms with van der Waals surface area (Å²) in [5.41, 5.74) is 2.44. The van der Waals surface area contributed by atoms with Gasteiger partial charge in [0.15, 0.2) is 0 Å². The van der Waals surface area contributed by atoms with Crippen LogP contribution < -0.4 is 5.32 Å². The zero-order chi connectivity index (χ0) is 15.1. The van der Waals surface area contributed by atoms with E-state index in [9.17, 15) is 9.59 Å². The van der Waals surface area contributed by atoms with Gasteiger partial charge in [0, 0.05) is 24.7 Å². The number of carboxylic acids is 1. The first-order valence-corrected chi connectivity index (χ1v) is 6.76. The minimum absolute atomic E-state index is 0.134. The van der Waals surface area contributed by atoms with E-state index in [4.69, 9.17) is 5.11 Å². The number of nitrogens with one attached hydrogen (secondary N) is 2. The first-order valence-electron chi connectivity index (χ1n) is 6.76. The maximum absolute atomic E-state index is 11.9. The van der Waals surface area contributed by atoms with Gasteiger partial charge in [0.2, 0.25) is 0 Å². The SMILES string of the molecule is O=C(O)CCCCNC(=O)c1ccc(-c2ccn[nH]2)cc1. The van der Waals surface area contributed by atoms with Gasteiger partial charge in [-0.1, -0.05) is 12.1 Å². The van der Waals surface area contributed by atoms with Crippen molar-refractivity contribution in [3.05, 3.63) is 42.1 Å². The lowest BCUT2D eigenvalue weighted by Gasteiger charge is -2.05. The number of hydrogen-bond acceptors (Lipinski definition) is 3. The monoisotopic (exact) mass is 287 g/mol. The van der Waals surface area contributed by atoms with Gasteiger partial charge < -0.3 is 10.4 Å². The molecule has 1 aromatic heterocycles. The summed E-state index contributed by atoms with van der Waals surface area (Å²) < 4.78 is 0. The number of rotatable bonds is 7. The highest BCUT2D eigenvalue weighted by molar-refractivity contribution is 5.94. The summed E-state index contributed by atoms with van der Waals surface area (Å²) in [5, 5.41) is 18.0. The van der Waals surface area contributed by atoms with E-state index in [0.29, 0.717) is 24.9 Å². The highest BCUT2D eigenvalue weighted by Crippen LogP contribution is 2.16. The Morgan fingerprint density at radius 3 is 2.52 bits per heavy atom. The summed E-state index contributed by atoms with van der Waals surface area (Å²) in [6.07, 6.45) is 3.03. The maximum Gasteiger partial charge on any atom is 0.303 e. The molecule has 1 aromatic carbocycles. The Morgan fingerprint density at radius 2 is 1.90 bits per heavy atom. The van der Waals surface area contributed by atoms with E-state index in [2.05, 4.69) is 15.5 Å². The molecule has 110 valence electrons. The molecular formula is C15H17N3O3. The Hall–Kier alpha value is -2.63. The first kappa shape index (κ1) is 14.8. The van der Waals surface area contributed by atoms with Gasteiger partial charge in [-0.15, -0.1) is 0 Å². The molecule has 6 heteroatoms. The Bertz CT molecular complexity index is 591. The molecule has 1 amide bonds. The quantitative estimate of drug-likeness (QED) is 0.679. The van der Waals surface area contributed by atoms with Crippen molar-refractivity contribution in [1.82, 2.24) is 15.5 Å². The molecule has 21 heavy (non-hydrogen) atoms. The third-order valence-electron chi connectivity index (χ3n) is 3.06. The van der Waals surface area contributed by atoms with Gasteiger partial charge in [-0.05, 0) is 36.6 Å². The van der Waals surface area contributed by atoms with Gasteiger partial charge in [-0.25, -0.2) is 0 Å². The van der Waals surface area contributed by atoms with Crippen molar-refractivity contribution in [1.29, 1.82) is 0 Å². The van der Waals surface area contributed by atoms with Gasteiger partial charge in [0.1, 0.15) is 0 Å². The molecule has 2 rings (SSSR count). The number of nitrogens with zero attached hydrogens (tertiary/aromatic N) is 1. The van der Waals surface area contributed by atoms with E-state index in [1.807, 2.05) is 18.2 Å². The van der Waals surface area contributed by atoms with E-state index < -0.39 is 5.97 Å². The van der Waals surface area contributed by atoms with Crippen molar-refractivity contribution in [2.75, 3.05) is 6.54 Å². The van der Waals surface area contributed by atoms with Crippen LogP contribution in [0.4, 0.5) is 0 Å². The van der Waals surface area contributed by atoms with Crippen molar-refractivity contribution in [2.24, 2.45) is 0 Å². The molecule has 0 unspecified atom stereocenters. The molecule has 0 saturated heterocycles. The Balaban J connectivity index is 1.81. The smallest absolute Gasteiger partial charge is 0.303 e. The van der Waals surface area contributed by atoms with Crippen LogP contribution in [0.2, 0.25) is 0 Å². The Kier molecular flexibility index (Phi) is 5.09. The van der Waals surface area contributed by atoms with E-state index in [0.717, 1.165) is 11.3 Å². The minimum Gasteiger partial charge on any atom is -0.481 e. The second-order valence-corrected chi connectivity index (χ2v) is 4.65. The third-order valence-corrected chi connectivity index (χ3v) is 3.06. The van der Waals surface area contributed by atoms with Gasteiger partial charge in [0.05, 0.1) is 5.69 Å². The Morgan fingerprint density at radius 1 is 1.14 bits per heavy atom. The average molecular weight is 287 g/mol. The van der Waals surface area contributed by atoms with Crippen molar-refractivity contribution in [2.45, 2.75) is 19.3 Å². The van der Waals surface area contributed by atoms with Crippen molar-refractivity contribution in [3.8, 4) is 11.3 Å². The van der Waals surface area contributed by atoms with Crippen molar-refractivity contribution < 1.29 is 14.7 Å². The number of carboxylic acid groups (broad SMARTS) is 1. The van der Waals surface area contributed by atoms with E-state index in [-0.39, 0.29) is 12.3 Å². The van der Waals surface area contributed by atoms with Gasteiger partial charge >= 0.3 is 5.97 Å². The molecule has 0 spiro atoms. The zero-order valence-corrected chi connectivity index (χ0v) is 11.5. The largest absolute Gasteiger partial charge is 0.481 e.